The molecule has 116 valence electrons. The number of benzene rings is 1. The summed E-state index contributed by atoms with van der Waals surface area (Å²) in [6.45, 7) is 13.4. The van der Waals surface area contributed by atoms with Crippen molar-refractivity contribution in [3.05, 3.63) is 24.3 Å². The van der Waals surface area contributed by atoms with Gasteiger partial charge in [-0.15, -0.1) is 0 Å². The maximum Gasteiger partial charge on any atom is 0.494 e. The van der Waals surface area contributed by atoms with Crippen LogP contribution >= 0.6 is 0 Å². The Hall–Kier alpha value is -0.995. The van der Waals surface area contributed by atoms with E-state index in [1.54, 1.807) is 0 Å². The van der Waals surface area contributed by atoms with Crippen LogP contribution in [0.4, 0.5) is 0 Å². The Bertz CT molecular complexity index is 449. The van der Waals surface area contributed by atoms with Crippen molar-refractivity contribution in [2.45, 2.75) is 59.2 Å². The fourth-order valence-corrected chi connectivity index (χ4v) is 2.11. The van der Waals surface area contributed by atoms with Gasteiger partial charge in [-0.1, -0.05) is 26.0 Å². The van der Waals surface area contributed by atoms with Crippen molar-refractivity contribution in [3.8, 4) is 5.75 Å². The summed E-state index contributed by atoms with van der Waals surface area (Å²) in [4.78, 5) is 0. The van der Waals surface area contributed by atoms with E-state index in [1.165, 1.54) is 0 Å². The van der Waals surface area contributed by atoms with Gasteiger partial charge in [-0.05, 0) is 57.6 Å². The third kappa shape index (κ3) is 3.80. The number of hydrogen-bond acceptors (Lipinski definition) is 3. The SMILES string of the molecule is CC(C)CCOc1ccc(B2OC(C)(C)C(C)(C)O2)cc1. The molecule has 4 heteroatoms. The maximum atomic E-state index is 6.04. The number of ether oxygens (including phenoxy) is 1. The van der Waals surface area contributed by atoms with Crippen LogP contribution in [0.25, 0.3) is 0 Å². The zero-order valence-electron chi connectivity index (χ0n) is 14.1. The molecule has 1 aliphatic heterocycles. The Morgan fingerprint density at radius 2 is 1.52 bits per heavy atom. The summed E-state index contributed by atoms with van der Waals surface area (Å²) in [6, 6.07) is 8.01. The quantitative estimate of drug-likeness (QED) is 0.778. The summed E-state index contributed by atoms with van der Waals surface area (Å²) in [5.74, 6) is 1.56. The van der Waals surface area contributed by atoms with Crippen LogP contribution < -0.4 is 10.2 Å². The van der Waals surface area contributed by atoms with E-state index in [0.717, 1.165) is 24.2 Å². The van der Waals surface area contributed by atoms with Crippen LogP contribution in [0, 0.1) is 5.92 Å². The average Bonchev–Trinajstić information content (AvgIpc) is 2.59. The second kappa shape index (κ2) is 6.01. The van der Waals surface area contributed by atoms with Crippen LogP contribution in [-0.4, -0.2) is 24.9 Å². The first kappa shape index (κ1) is 16.4. The molecule has 1 saturated heterocycles. The van der Waals surface area contributed by atoms with Crippen LogP contribution in [0.15, 0.2) is 24.3 Å². The van der Waals surface area contributed by atoms with Gasteiger partial charge >= 0.3 is 7.12 Å². The fourth-order valence-electron chi connectivity index (χ4n) is 2.11. The predicted octanol–water partition coefficient (Wildman–Crippen LogP) is 3.41. The third-order valence-electron chi connectivity index (χ3n) is 4.37. The number of hydrogen-bond donors (Lipinski definition) is 0. The Balaban J connectivity index is 1.97. The molecule has 1 heterocycles. The zero-order chi connectivity index (χ0) is 15.7. The standard InChI is InChI=1S/C17H27BO3/c1-13(2)11-12-19-15-9-7-14(8-10-15)18-20-16(3,4)17(5,6)21-18/h7-10,13H,11-12H2,1-6H3. The molecular weight excluding hydrogens is 263 g/mol. The average molecular weight is 290 g/mol. The van der Waals surface area contributed by atoms with Gasteiger partial charge in [0.05, 0.1) is 17.8 Å². The van der Waals surface area contributed by atoms with Crippen LogP contribution in [0.1, 0.15) is 48.0 Å². The highest BCUT2D eigenvalue weighted by Crippen LogP contribution is 2.36. The summed E-state index contributed by atoms with van der Waals surface area (Å²) >= 11 is 0. The lowest BCUT2D eigenvalue weighted by atomic mass is 9.79. The fraction of sp³-hybridized carbons (Fsp3) is 0.647. The van der Waals surface area contributed by atoms with Gasteiger partial charge in [0.1, 0.15) is 5.75 Å². The molecule has 0 atom stereocenters. The minimum atomic E-state index is -0.306. The van der Waals surface area contributed by atoms with E-state index < -0.39 is 0 Å². The molecule has 0 spiro atoms. The summed E-state index contributed by atoms with van der Waals surface area (Å²) in [5, 5.41) is 0. The van der Waals surface area contributed by atoms with Gasteiger partial charge in [0.25, 0.3) is 0 Å². The minimum absolute atomic E-state index is 0.301. The normalized spacial score (nSPS) is 20.0. The first-order valence-electron chi connectivity index (χ1n) is 7.80. The van der Waals surface area contributed by atoms with Gasteiger partial charge in [0.2, 0.25) is 0 Å². The highest BCUT2D eigenvalue weighted by Gasteiger charge is 2.51. The van der Waals surface area contributed by atoms with E-state index in [-0.39, 0.29) is 18.3 Å². The largest absolute Gasteiger partial charge is 0.494 e. The lowest BCUT2D eigenvalue weighted by Crippen LogP contribution is -2.41. The van der Waals surface area contributed by atoms with Crippen LogP contribution in [-0.2, 0) is 9.31 Å². The molecule has 0 bridgehead atoms. The predicted molar refractivity (Wildman–Crippen MR) is 87.1 cm³/mol. The summed E-state index contributed by atoms with van der Waals surface area (Å²) < 4.78 is 17.8. The molecule has 21 heavy (non-hydrogen) atoms. The second-order valence-corrected chi connectivity index (χ2v) is 7.19. The Morgan fingerprint density at radius 1 is 1.00 bits per heavy atom. The molecule has 0 saturated carbocycles. The lowest BCUT2D eigenvalue weighted by Gasteiger charge is -2.32. The molecule has 0 unspecified atom stereocenters. The first-order valence-corrected chi connectivity index (χ1v) is 7.80. The second-order valence-electron chi connectivity index (χ2n) is 7.19. The lowest BCUT2D eigenvalue weighted by molar-refractivity contribution is 0.00578. The minimum Gasteiger partial charge on any atom is -0.494 e. The third-order valence-corrected chi connectivity index (χ3v) is 4.37. The van der Waals surface area contributed by atoms with Crippen molar-refractivity contribution < 1.29 is 14.0 Å². The van der Waals surface area contributed by atoms with Gasteiger partial charge in [0, 0.05) is 0 Å². The molecule has 0 amide bonds. The Morgan fingerprint density at radius 3 is 2.00 bits per heavy atom. The summed E-state index contributed by atoms with van der Waals surface area (Å²) in [7, 11) is -0.306. The highest BCUT2D eigenvalue weighted by atomic mass is 16.7. The molecule has 1 aliphatic rings. The molecule has 2 rings (SSSR count). The van der Waals surface area contributed by atoms with Gasteiger partial charge in [-0.25, -0.2) is 0 Å². The summed E-state index contributed by atoms with van der Waals surface area (Å²) in [5.41, 5.74) is 0.429. The molecule has 1 fully saturated rings. The van der Waals surface area contributed by atoms with Crippen LogP contribution in [0.2, 0.25) is 0 Å². The van der Waals surface area contributed by atoms with E-state index in [9.17, 15) is 0 Å². The number of rotatable bonds is 5. The van der Waals surface area contributed by atoms with Crippen molar-refractivity contribution >= 4 is 12.6 Å². The van der Waals surface area contributed by atoms with Crippen LogP contribution in [0.3, 0.4) is 0 Å². The van der Waals surface area contributed by atoms with Gasteiger partial charge < -0.3 is 14.0 Å². The molecule has 3 nitrogen and oxygen atoms in total. The zero-order valence-corrected chi connectivity index (χ0v) is 14.1. The van der Waals surface area contributed by atoms with Crippen molar-refractivity contribution in [2.75, 3.05) is 6.61 Å². The molecular formula is C17H27BO3. The Kier molecular flexibility index (Phi) is 4.69. The molecule has 0 radical (unpaired) electrons. The van der Waals surface area contributed by atoms with Crippen molar-refractivity contribution in [2.24, 2.45) is 5.92 Å². The summed E-state index contributed by atoms with van der Waals surface area (Å²) in [6.07, 6.45) is 1.07. The van der Waals surface area contributed by atoms with E-state index in [2.05, 4.69) is 41.5 Å². The first-order chi connectivity index (χ1) is 9.71. The molecule has 0 aliphatic carbocycles. The molecule has 1 aromatic rings. The van der Waals surface area contributed by atoms with E-state index >= 15 is 0 Å². The smallest absolute Gasteiger partial charge is 0.494 e. The monoisotopic (exact) mass is 290 g/mol. The van der Waals surface area contributed by atoms with Gasteiger partial charge in [-0.2, -0.15) is 0 Å². The van der Waals surface area contributed by atoms with E-state index in [1.807, 2.05) is 24.3 Å². The van der Waals surface area contributed by atoms with E-state index in [0.29, 0.717) is 5.92 Å². The van der Waals surface area contributed by atoms with Crippen molar-refractivity contribution in [1.29, 1.82) is 0 Å². The molecule has 0 N–H and O–H groups in total. The molecule has 1 aromatic carbocycles. The van der Waals surface area contributed by atoms with E-state index in [4.69, 9.17) is 14.0 Å². The topological polar surface area (TPSA) is 27.7 Å². The maximum absolute atomic E-state index is 6.04. The van der Waals surface area contributed by atoms with Crippen LogP contribution in [0.5, 0.6) is 5.75 Å². The van der Waals surface area contributed by atoms with Gasteiger partial charge in [0.15, 0.2) is 0 Å². The van der Waals surface area contributed by atoms with Crippen molar-refractivity contribution in [3.63, 3.8) is 0 Å². The van der Waals surface area contributed by atoms with Gasteiger partial charge in [-0.3, -0.25) is 0 Å². The molecule has 0 aromatic heterocycles. The van der Waals surface area contributed by atoms with Crippen molar-refractivity contribution in [1.82, 2.24) is 0 Å². The Labute approximate surface area is 129 Å². The highest BCUT2D eigenvalue weighted by molar-refractivity contribution is 6.62.